The lowest BCUT2D eigenvalue weighted by Gasteiger charge is -1.94. The van der Waals surface area contributed by atoms with Crippen LogP contribution >= 0.6 is 11.6 Å². The van der Waals surface area contributed by atoms with Crippen LogP contribution in [-0.4, -0.2) is 14.4 Å². The Morgan fingerprint density at radius 1 is 1.58 bits per heavy atom. The molecule has 2 aromatic heterocycles. The maximum absolute atomic E-state index is 5.73. The van der Waals surface area contributed by atoms with Gasteiger partial charge in [-0.3, -0.25) is 4.40 Å². The SMILES string of the molecule is Cc1nc2ncc(Cl)cn2c1N. The lowest BCUT2D eigenvalue weighted by atomic mass is 10.5. The van der Waals surface area contributed by atoms with Gasteiger partial charge < -0.3 is 5.73 Å². The van der Waals surface area contributed by atoms with Crippen molar-refractivity contribution in [2.45, 2.75) is 6.92 Å². The Hall–Kier alpha value is -1.29. The first-order chi connectivity index (χ1) is 5.68. The third-order valence-corrected chi connectivity index (χ3v) is 1.86. The van der Waals surface area contributed by atoms with Gasteiger partial charge in [0.25, 0.3) is 0 Å². The topological polar surface area (TPSA) is 56.2 Å². The molecule has 0 aliphatic carbocycles. The minimum atomic E-state index is 0.548. The molecule has 0 aliphatic rings. The van der Waals surface area contributed by atoms with Gasteiger partial charge >= 0.3 is 0 Å². The molecule has 0 bridgehead atoms. The van der Waals surface area contributed by atoms with E-state index in [-0.39, 0.29) is 0 Å². The van der Waals surface area contributed by atoms with E-state index in [1.807, 2.05) is 6.92 Å². The molecule has 2 rings (SSSR count). The molecule has 62 valence electrons. The Labute approximate surface area is 74.0 Å². The van der Waals surface area contributed by atoms with Crippen molar-refractivity contribution in [1.29, 1.82) is 0 Å². The lowest BCUT2D eigenvalue weighted by molar-refractivity contribution is 1.12. The standard InChI is InChI=1S/C7H7ClN4/c1-4-6(9)12-3-5(8)2-10-7(12)11-4/h2-3H,9H2,1H3. The number of fused-ring (bicyclic) bond motifs is 1. The number of imidazole rings is 1. The Morgan fingerprint density at radius 3 is 3.08 bits per heavy atom. The van der Waals surface area contributed by atoms with Gasteiger partial charge in [-0.15, -0.1) is 0 Å². The number of aryl methyl sites for hydroxylation is 1. The van der Waals surface area contributed by atoms with Crippen molar-refractivity contribution >= 4 is 23.2 Å². The van der Waals surface area contributed by atoms with E-state index in [0.29, 0.717) is 16.6 Å². The van der Waals surface area contributed by atoms with Crippen molar-refractivity contribution in [3.8, 4) is 0 Å². The number of halogens is 1. The minimum Gasteiger partial charge on any atom is -0.383 e. The number of aromatic nitrogens is 3. The van der Waals surface area contributed by atoms with Gasteiger partial charge in [-0.2, -0.15) is 0 Å². The van der Waals surface area contributed by atoms with E-state index in [0.717, 1.165) is 5.69 Å². The second-order valence-corrected chi connectivity index (χ2v) is 2.96. The molecule has 0 saturated heterocycles. The smallest absolute Gasteiger partial charge is 0.235 e. The van der Waals surface area contributed by atoms with Crippen LogP contribution in [0.2, 0.25) is 5.02 Å². The molecule has 0 saturated carbocycles. The van der Waals surface area contributed by atoms with Crippen molar-refractivity contribution < 1.29 is 0 Å². The van der Waals surface area contributed by atoms with E-state index < -0.39 is 0 Å². The van der Waals surface area contributed by atoms with Gasteiger partial charge in [0.05, 0.1) is 16.9 Å². The Bertz CT molecular complexity index is 434. The monoisotopic (exact) mass is 182 g/mol. The zero-order valence-electron chi connectivity index (χ0n) is 6.45. The fraction of sp³-hybridized carbons (Fsp3) is 0.143. The first-order valence-electron chi connectivity index (χ1n) is 3.44. The van der Waals surface area contributed by atoms with E-state index >= 15 is 0 Å². The second-order valence-electron chi connectivity index (χ2n) is 2.52. The van der Waals surface area contributed by atoms with Gasteiger partial charge in [0.15, 0.2) is 0 Å². The molecular weight excluding hydrogens is 176 g/mol. The first kappa shape index (κ1) is 7.36. The molecule has 2 aromatic rings. The molecule has 12 heavy (non-hydrogen) atoms. The highest BCUT2D eigenvalue weighted by atomic mass is 35.5. The van der Waals surface area contributed by atoms with Crippen LogP contribution in [0, 0.1) is 6.92 Å². The van der Waals surface area contributed by atoms with E-state index in [2.05, 4.69) is 9.97 Å². The van der Waals surface area contributed by atoms with Crippen LogP contribution in [0.4, 0.5) is 5.82 Å². The Balaban J connectivity index is 2.88. The van der Waals surface area contributed by atoms with Crippen molar-refractivity contribution in [3.05, 3.63) is 23.1 Å². The highest BCUT2D eigenvalue weighted by molar-refractivity contribution is 6.30. The predicted octanol–water partition coefficient (Wildman–Crippen LogP) is 1.27. The summed E-state index contributed by atoms with van der Waals surface area (Å²) in [4.78, 5) is 8.12. The molecule has 0 amide bonds. The van der Waals surface area contributed by atoms with Gasteiger partial charge in [-0.1, -0.05) is 11.6 Å². The summed E-state index contributed by atoms with van der Waals surface area (Å²) >= 11 is 5.73. The predicted molar refractivity (Wildman–Crippen MR) is 47.1 cm³/mol. The number of nitrogen functional groups attached to an aromatic ring is 1. The van der Waals surface area contributed by atoms with Crippen LogP contribution < -0.4 is 5.73 Å². The van der Waals surface area contributed by atoms with Gasteiger partial charge in [0, 0.05) is 6.20 Å². The second kappa shape index (κ2) is 2.35. The zero-order valence-corrected chi connectivity index (χ0v) is 7.21. The first-order valence-corrected chi connectivity index (χ1v) is 3.82. The summed E-state index contributed by atoms with van der Waals surface area (Å²) in [5.41, 5.74) is 6.48. The van der Waals surface area contributed by atoms with Gasteiger partial charge in [-0.05, 0) is 6.92 Å². The third-order valence-electron chi connectivity index (χ3n) is 1.67. The molecule has 0 unspecified atom stereocenters. The molecule has 0 radical (unpaired) electrons. The third kappa shape index (κ3) is 0.921. The molecule has 2 N–H and O–H groups in total. The van der Waals surface area contributed by atoms with E-state index in [1.165, 1.54) is 0 Å². The van der Waals surface area contributed by atoms with Crippen LogP contribution in [0.5, 0.6) is 0 Å². The van der Waals surface area contributed by atoms with Crippen LogP contribution in [-0.2, 0) is 0 Å². The minimum absolute atomic E-state index is 0.548. The molecule has 2 heterocycles. The molecule has 0 atom stereocenters. The molecule has 0 aliphatic heterocycles. The summed E-state index contributed by atoms with van der Waals surface area (Å²) < 4.78 is 1.66. The molecule has 5 heteroatoms. The van der Waals surface area contributed by atoms with Gasteiger partial charge in [-0.25, -0.2) is 9.97 Å². The maximum Gasteiger partial charge on any atom is 0.235 e. The number of hydrogen-bond donors (Lipinski definition) is 1. The van der Waals surface area contributed by atoms with Crippen molar-refractivity contribution in [3.63, 3.8) is 0 Å². The summed E-state index contributed by atoms with van der Waals surface area (Å²) in [6.45, 7) is 1.83. The summed E-state index contributed by atoms with van der Waals surface area (Å²) in [5, 5.41) is 0.548. The van der Waals surface area contributed by atoms with Crippen LogP contribution in [0.3, 0.4) is 0 Å². The molecular formula is C7H7ClN4. The van der Waals surface area contributed by atoms with Gasteiger partial charge in [0.2, 0.25) is 5.78 Å². The number of anilines is 1. The average Bonchev–Trinajstić information content (AvgIpc) is 2.31. The molecule has 0 aromatic carbocycles. The lowest BCUT2D eigenvalue weighted by Crippen LogP contribution is -1.94. The van der Waals surface area contributed by atoms with E-state index in [4.69, 9.17) is 17.3 Å². The largest absolute Gasteiger partial charge is 0.383 e. The number of nitrogens with two attached hydrogens (primary N) is 1. The van der Waals surface area contributed by atoms with E-state index in [1.54, 1.807) is 16.8 Å². The van der Waals surface area contributed by atoms with Crippen molar-refractivity contribution in [2.75, 3.05) is 5.73 Å². The average molecular weight is 183 g/mol. The number of nitrogens with zero attached hydrogens (tertiary/aromatic N) is 3. The van der Waals surface area contributed by atoms with Crippen LogP contribution in [0.1, 0.15) is 5.69 Å². The highest BCUT2D eigenvalue weighted by Gasteiger charge is 2.05. The molecule has 4 nitrogen and oxygen atoms in total. The van der Waals surface area contributed by atoms with Gasteiger partial charge in [0.1, 0.15) is 5.82 Å². The van der Waals surface area contributed by atoms with Crippen LogP contribution in [0.25, 0.3) is 5.78 Å². The summed E-state index contributed by atoms with van der Waals surface area (Å²) in [6, 6.07) is 0. The van der Waals surface area contributed by atoms with Crippen molar-refractivity contribution in [1.82, 2.24) is 14.4 Å². The quantitative estimate of drug-likeness (QED) is 0.668. The summed E-state index contributed by atoms with van der Waals surface area (Å²) in [5.74, 6) is 1.16. The van der Waals surface area contributed by atoms with E-state index in [9.17, 15) is 0 Å². The number of hydrogen-bond acceptors (Lipinski definition) is 3. The number of rotatable bonds is 0. The maximum atomic E-state index is 5.73. The summed E-state index contributed by atoms with van der Waals surface area (Å²) in [6.07, 6.45) is 3.24. The molecule has 0 spiro atoms. The fourth-order valence-electron chi connectivity index (χ4n) is 1.04. The molecule has 0 fully saturated rings. The van der Waals surface area contributed by atoms with Crippen LogP contribution in [0.15, 0.2) is 12.4 Å². The van der Waals surface area contributed by atoms with Crippen molar-refractivity contribution in [2.24, 2.45) is 0 Å². The highest BCUT2D eigenvalue weighted by Crippen LogP contribution is 2.14. The normalized spacial score (nSPS) is 10.8. The fourth-order valence-corrected chi connectivity index (χ4v) is 1.18. The summed E-state index contributed by atoms with van der Waals surface area (Å²) in [7, 11) is 0. The zero-order chi connectivity index (χ0) is 8.72. The Kier molecular flexibility index (Phi) is 1.44. The Morgan fingerprint density at radius 2 is 2.33 bits per heavy atom.